The number of ether oxygens (including phenoxy) is 1. The van der Waals surface area contributed by atoms with Crippen molar-refractivity contribution in [2.24, 2.45) is 0 Å². The van der Waals surface area contributed by atoms with Crippen LogP contribution in [0.15, 0.2) is 96.4 Å². The molecule has 0 spiro atoms. The third-order valence-corrected chi connectivity index (χ3v) is 6.29. The molecule has 0 atom stereocenters. The first kappa shape index (κ1) is 19.7. The zero-order valence-corrected chi connectivity index (χ0v) is 17.0. The fourth-order valence-corrected chi connectivity index (χ4v) is 4.45. The smallest absolute Gasteiger partial charge is 0.210 e. The van der Waals surface area contributed by atoms with E-state index in [1.165, 1.54) is 0 Å². The van der Waals surface area contributed by atoms with E-state index in [0.29, 0.717) is 23.7 Å². The molecule has 1 N–H and O–H groups in total. The normalized spacial score (nSPS) is 12.1. The molecule has 0 bridgehead atoms. The standard InChI is InChI=1S/C24H20N2O3S/c1-2-16-29-19-14-12-18(13-15-19)17-23(30(27,28)20-8-4-3-5-9-20)24-25-21-10-6-7-11-22(21)26-24/h2-15,17H,1,16H2,(H,25,26)/b23-17+. The van der Waals surface area contributed by atoms with Gasteiger partial charge in [0.15, 0.2) is 0 Å². The van der Waals surface area contributed by atoms with Crippen molar-refractivity contribution in [1.82, 2.24) is 9.97 Å². The molecule has 0 saturated carbocycles. The number of benzene rings is 3. The maximum Gasteiger partial charge on any atom is 0.210 e. The first-order valence-electron chi connectivity index (χ1n) is 9.38. The van der Waals surface area contributed by atoms with E-state index in [-0.39, 0.29) is 9.80 Å². The molecule has 5 nitrogen and oxygen atoms in total. The molecular weight excluding hydrogens is 396 g/mol. The second-order valence-electron chi connectivity index (χ2n) is 6.60. The van der Waals surface area contributed by atoms with Gasteiger partial charge >= 0.3 is 0 Å². The number of aromatic amines is 1. The van der Waals surface area contributed by atoms with Crippen LogP contribution in [-0.4, -0.2) is 25.0 Å². The van der Waals surface area contributed by atoms with Crippen LogP contribution in [0.4, 0.5) is 0 Å². The van der Waals surface area contributed by atoms with Gasteiger partial charge in [0, 0.05) is 0 Å². The van der Waals surface area contributed by atoms with Crippen molar-refractivity contribution < 1.29 is 13.2 Å². The molecule has 1 aromatic heterocycles. The van der Waals surface area contributed by atoms with Gasteiger partial charge in [-0.3, -0.25) is 0 Å². The maximum absolute atomic E-state index is 13.5. The van der Waals surface area contributed by atoms with Crippen molar-refractivity contribution >= 4 is 31.9 Å². The van der Waals surface area contributed by atoms with E-state index in [2.05, 4.69) is 16.5 Å². The molecule has 0 amide bonds. The van der Waals surface area contributed by atoms with Gasteiger partial charge in [-0.1, -0.05) is 55.1 Å². The minimum atomic E-state index is -3.80. The third-order valence-electron chi connectivity index (χ3n) is 4.51. The van der Waals surface area contributed by atoms with E-state index < -0.39 is 9.84 Å². The predicted molar refractivity (Wildman–Crippen MR) is 120 cm³/mol. The van der Waals surface area contributed by atoms with Gasteiger partial charge in [0.25, 0.3) is 0 Å². The molecule has 30 heavy (non-hydrogen) atoms. The van der Waals surface area contributed by atoms with E-state index >= 15 is 0 Å². The molecule has 0 radical (unpaired) electrons. The number of nitrogens with zero attached hydrogens (tertiary/aromatic N) is 1. The number of aromatic nitrogens is 2. The Morgan fingerprint density at radius 2 is 1.67 bits per heavy atom. The van der Waals surface area contributed by atoms with Crippen LogP contribution in [0.1, 0.15) is 11.4 Å². The summed E-state index contributed by atoms with van der Waals surface area (Å²) in [5, 5.41) is 0. The van der Waals surface area contributed by atoms with Gasteiger partial charge in [0.05, 0.1) is 15.9 Å². The number of hydrogen-bond acceptors (Lipinski definition) is 4. The van der Waals surface area contributed by atoms with Gasteiger partial charge in [-0.05, 0) is 48.0 Å². The van der Waals surface area contributed by atoms with Crippen molar-refractivity contribution in [3.63, 3.8) is 0 Å². The van der Waals surface area contributed by atoms with Gasteiger partial charge in [0.1, 0.15) is 23.1 Å². The molecule has 150 valence electrons. The minimum Gasteiger partial charge on any atom is -0.490 e. The van der Waals surface area contributed by atoms with E-state index in [0.717, 1.165) is 11.1 Å². The second kappa shape index (κ2) is 8.39. The highest BCUT2D eigenvalue weighted by Crippen LogP contribution is 2.30. The van der Waals surface area contributed by atoms with Gasteiger partial charge in [-0.25, -0.2) is 13.4 Å². The second-order valence-corrected chi connectivity index (χ2v) is 8.51. The zero-order valence-electron chi connectivity index (χ0n) is 16.2. The molecule has 6 heteroatoms. The molecule has 4 aromatic rings. The molecule has 0 saturated heterocycles. The van der Waals surface area contributed by atoms with Crippen molar-refractivity contribution in [1.29, 1.82) is 0 Å². The Kier molecular flexibility index (Phi) is 5.50. The molecule has 1 heterocycles. The minimum absolute atomic E-state index is 0.102. The summed E-state index contributed by atoms with van der Waals surface area (Å²) in [4.78, 5) is 7.97. The summed E-state index contributed by atoms with van der Waals surface area (Å²) in [7, 11) is -3.80. The van der Waals surface area contributed by atoms with Crippen LogP contribution in [-0.2, 0) is 9.84 Å². The lowest BCUT2D eigenvalue weighted by atomic mass is 10.2. The van der Waals surface area contributed by atoms with E-state index in [1.54, 1.807) is 54.6 Å². The van der Waals surface area contributed by atoms with Gasteiger partial charge in [-0.15, -0.1) is 0 Å². The monoisotopic (exact) mass is 416 g/mol. The zero-order chi connectivity index (χ0) is 21.0. The molecule has 4 rings (SSSR count). The Bertz CT molecular complexity index is 1270. The highest BCUT2D eigenvalue weighted by Gasteiger charge is 2.25. The van der Waals surface area contributed by atoms with Crippen LogP contribution in [0.2, 0.25) is 0 Å². The molecule has 3 aromatic carbocycles. The molecule has 0 aliphatic rings. The summed E-state index contributed by atoms with van der Waals surface area (Å²) in [6, 6.07) is 23.0. The number of hydrogen-bond donors (Lipinski definition) is 1. The van der Waals surface area contributed by atoms with Crippen LogP contribution in [0, 0.1) is 0 Å². The van der Waals surface area contributed by atoms with E-state index in [4.69, 9.17) is 4.74 Å². The first-order chi connectivity index (χ1) is 14.6. The summed E-state index contributed by atoms with van der Waals surface area (Å²) < 4.78 is 32.4. The Morgan fingerprint density at radius 3 is 2.37 bits per heavy atom. The number of nitrogens with one attached hydrogen (secondary N) is 1. The topological polar surface area (TPSA) is 72.0 Å². The van der Waals surface area contributed by atoms with Crippen LogP contribution < -0.4 is 4.74 Å². The predicted octanol–water partition coefficient (Wildman–Crippen LogP) is 5.10. The van der Waals surface area contributed by atoms with Crippen molar-refractivity contribution in [3.05, 3.63) is 103 Å². The van der Waals surface area contributed by atoms with Gasteiger partial charge in [0.2, 0.25) is 9.84 Å². The van der Waals surface area contributed by atoms with E-state index in [1.807, 2.05) is 36.4 Å². The van der Waals surface area contributed by atoms with Crippen molar-refractivity contribution in [3.8, 4) is 5.75 Å². The summed E-state index contributed by atoms with van der Waals surface area (Å²) in [6.45, 7) is 4.03. The number of fused-ring (bicyclic) bond motifs is 1. The van der Waals surface area contributed by atoms with Gasteiger partial charge in [-0.2, -0.15) is 0 Å². The summed E-state index contributed by atoms with van der Waals surface area (Å²) in [5.74, 6) is 0.982. The molecular formula is C24H20N2O3S. The third kappa shape index (κ3) is 4.04. The summed E-state index contributed by atoms with van der Waals surface area (Å²) in [5.41, 5.74) is 2.19. The maximum atomic E-state index is 13.5. The quantitative estimate of drug-likeness (QED) is 0.426. The number of imidazole rings is 1. The Morgan fingerprint density at radius 1 is 0.967 bits per heavy atom. The van der Waals surface area contributed by atoms with Crippen molar-refractivity contribution in [2.75, 3.05) is 6.61 Å². The SMILES string of the molecule is C=CCOc1ccc(/C=C(\c2nc3ccccc3[nH]2)S(=O)(=O)c2ccccc2)cc1. The fourth-order valence-electron chi connectivity index (χ4n) is 3.04. The Labute approximate surface area is 175 Å². The average Bonchev–Trinajstić information content (AvgIpc) is 3.21. The number of H-pyrrole nitrogens is 1. The Balaban J connectivity index is 1.83. The molecule has 0 fully saturated rings. The summed E-state index contributed by atoms with van der Waals surface area (Å²) >= 11 is 0. The van der Waals surface area contributed by atoms with Crippen LogP contribution in [0.3, 0.4) is 0 Å². The lowest BCUT2D eigenvalue weighted by molar-refractivity contribution is 0.363. The largest absolute Gasteiger partial charge is 0.490 e. The lowest BCUT2D eigenvalue weighted by Crippen LogP contribution is -2.05. The lowest BCUT2D eigenvalue weighted by Gasteiger charge is -2.08. The number of rotatable bonds is 7. The fraction of sp³-hybridized carbons (Fsp3) is 0.0417. The summed E-state index contributed by atoms with van der Waals surface area (Å²) in [6.07, 6.45) is 3.29. The average molecular weight is 417 g/mol. The molecule has 0 aliphatic carbocycles. The van der Waals surface area contributed by atoms with Crippen LogP contribution in [0.5, 0.6) is 5.75 Å². The highest BCUT2D eigenvalue weighted by atomic mass is 32.2. The molecule has 0 unspecified atom stereocenters. The van der Waals surface area contributed by atoms with Crippen molar-refractivity contribution in [2.45, 2.75) is 4.90 Å². The molecule has 0 aliphatic heterocycles. The van der Waals surface area contributed by atoms with Gasteiger partial charge < -0.3 is 9.72 Å². The van der Waals surface area contributed by atoms with Crippen LogP contribution >= 0.6 is 0 Å². The van der Waals surface area contributed by atoms with Crippen LogP contribution in [0.25, 0.3) is 22.0 Å². The highest BCUT2D eigenvalue weighted by molar-refractivity contribution is 8.00. The Hall–Kier alpha value is -3.64. The van der Waals surface area contributed by atoms with E-state index in [9.17, 15) is 8.42 Å². The first-order valence-corrected chi connectivity index (χ1v) is 10.9. The number of para-hydroxylation sites is 2. The number of sulfone groups is 1.